The smallest absolute Gasteiger partial charge is 0.264 e. The summed E-state index contributed by atoms with van der Waals surface area (Å²) < 4.78 is 0. The van der Waals surface area contributed by atoms with E-state index in [2.05, 4.69) is 15.5 Å². The molecule has 126 valence electrons. The second-order valence-electron chi connectivity index (χ2n) is 6.29. The van der Waals surface area contributed by atoms with Crippen molar-refractivity contribution in [2.24, 2.45) is 0 Å². The molecule has 7 heteroatoms. The zero-order chi connectivity index (χ0) is 16.1. The number of rotatable bonds is 6. The van der Waals surface area contributed by atoms with Crippen LogP contribution in [0.4, 0.5) is 0 Å². The average Bonchev–Trinajstić information content (AvgIpc) is 3.04. The van der Waals surface area contributed by atoms with Crippen molar-refractivity contribution in [1.29, 1.82) is 0 Å². The Balaban J connectivity index is 1.37. The number of fused-ring (bicyclic) bond motifs is 1. The quantitative estimate of drug-likeness (QED) is 0.607. The Hall–Kier alpha value is -0.950. The summed E-state index contributed by atoms with van der Waals surface area (Å²) in [5.41, 5.74) is 1.77. The summed E-state index contributed by atoms with van der Waals surface area (Å²) in [4.78, 5) is 23.4. The highest BCUT2D eigenvalue weighted by atomic mass is 33.1. The highest BCUT2D eigenvalue weighted by Crippen LogP contribution is 2.39. The lowest BCUT2D eigenvalue weighted by Crippen LogP contribution is -2.39. The Bertz CT molecular complexity index is 599. The number of hydrogen-bond acceptors (Lipinski definition) is 5. The van der Waals surface area contributed by atoms with Crippen molar-refractivity contribution < 1.29 is 4.79 Å². The molecule has 3 rings (SSSR count). The number of hydrogen-bond donors (Lipinski definition) is 2. The number of H-pyrrole nitrogens is 1. The number of nitrogens with one attached hydrogen (secondary N) is 2. The second kappa shape index (κ2) is 8.24. The predicted octanol–water partition coefficient (Wildman–Crippen LogP) is 2.46. The summed E-state index contributed by atoms with van der Waals surface area (Å²) in [5, 5.41) is 10.5. The van der Waals surface area contributed by atoms with E-state index in [1.54, 1.807) is 6.07 Å². The minimum absolute atomic E-state index is 0.139. The molecular formula is C16H23N3O2S2. The summed E-state index contributed by atoms with van der Waals surface area (Å²) in [6, 6.07) is 1.75. The van der Waals surface area contributed by atoms with E-state index in [-0.39, 0.29) is 17.5 Å². The molecule has 1 aromatic rings. The monoisotopic (exact) mass is 353 g/mol. The summed E-state index contributed by atoms with van der Waals surface area (Å²) in [6.45, 7) is 0. The van der Waals surface area contributed by atoms with E-state index in [9.17, 15) is 9.59 Å². The van der Waals surface area contributed by atoms with Crippen LogP contribution in [0.2, 0.25) is 0 Å². The van der Waals surface area contributed by atoms with Gasteiger partial charge >= 0.3 is 0 Å². The van der Waals surface area contributed by atoms with Crippen molar-refractivity contribution in [2.45, 2.75) is 62.7 Å². The van der Waals surface area contributed by atoms with Gasteiger partial charge < -0.3 is 5.32 Å². The number of nitrogens with zero attached hydrogens (tertiary/aromatic N) is 1. The number of aromatic amines is 1. The minimum Gasteiger partial charge on any atom is -0.353 e. The number of aromatic nitrogens is 2. The van der Waals surface area contributed by atoms with Crippen molar-refractivity contribution in [3.63, 3.8) is 0 Å². The van der Waals surface area contributed by atoms with E-state index < -0.39 is 0 Å². The van der Waals surface area contributed by atoms with Crippen molar-refractivity contribution in [2.75, 3.05) is 5.75 Å². The fraction of sp³-hybridized carbons (Fsp3) is 0.688. The Labute approximate surface area is 144 Å². The normalized spacial score (nSPS) is 23.5. The molecule has 5 nitrogen and oxygen atoms in total. The first-order chi connectivity index (χ1) is 11.2. The van der Waals surface area contributed by atoms with Crippen molar-refractivity contribution >= 4 is 27.5 Å². The van der Waals surface area contributed by atoms with Gasteiger partial charge in [0.25, 0.3) is 5.56 Å². The molecule has 0 radical (unpaired) electrons. The topological polar surface area (TPSA) is 74.8 Å². The van der Waals surface area contributed by atoms with Gasteiger partial charge in [-0.2, -0.15) is 5.10 Å². The third-order valence-corrected chi connectivity index (χ3v) is 7.45. The number of aryl methyl sites for hydroxylation is 1. The lowest BCUT2D eigenvalue weighted by atomic mass is 9.92. The molecule has 2 atom stereocenters. The first kappa shape index (κ1) is 16.9. The molecule has 1 aliphatic heterocycles. The Morgan fingerprint density at radius 1 is 1.39 bits per heavy atom. The molecular weight excluding hydrogens is 330 g/mol. The first-order valence-electron chi connectivity index (χ1n) is 8.36. The zero-order valence-corrected chi connectivity index (χ0v) is 14.8. The lowest BCUT2D eigenvalue weighted by molar-refractivity contribution is -0.122. The van der Waals surface area contributed by atoms with E-state index in [0.29, 0.717) is 12.8 Å². The first-order valence-corrected chi connectivity index (χ1v) is 10.7. The number of carbonyl (C=O) groups excluding carboxylic acids is 1. The second-order valence-corrected chi connectivity index (χ2v) is 9.07. The molecule has 23 heavy (non-hydrogen) atoms. The molecule has 1 saturated heterocycles. The van der Waals surface area contributed by atoms with Crippen LogP contribution in [-0.4, -0.2) is 33.1 Å². The molecule has 2 aliphatic rings. The highest BCUT2D eigenvalue weighted by molar-refractivity contribution is 8.77. The van der Waals surface area contributed by atoms with Crippen molar-refractivity contribution in [3.8, 4) is 0 Å². The van der Waals surface area contributed by atoms with E-state index in [0.717, 1.165) is 42.2 Å². The van der Waals surface area contributed by atoms with Gasteiger partial charge in [0.2, 0.25) is 5.91 Å². The third-order valence-electron chi connectivity index (χ3n) is 4.45. The maximum Gasteiger partial charge on any atom is 0.264 e. The fourth-order valence-corrected chi connectivity index (χ4v) is 6.21. The van der Waals surface area contributed by atoms with Gasteiger partial charge in [0.1, 0.15) is 0 Å². The fourth-order valence-electron chi connectivity index (χ4n) is 3.18. The maximum atomic E-state index is 12.1. The van der Waals surface area contributed by atoms with E-state index in [1.165, 1.54) is 18.6 Å². The Morgan fingerprint density at radius 3 is 3.13 bits per heavy atom. The van der Waals surface area contributed by atoms with Gasteiger partial charge in [-0.25, -0.2) is 5.10 Å². The van der Waals surface area contributed by atoms with Crippen LogP contribution in [0, 0.1) is 0 Å². The van der Waals surface area contributed by atoms with Crippen LogP contribution >= 0.6 is 21.6 Å². The van der Waals surface area contributed by atoms with Crippen LogP contribution in [-0.2, 0) is 17.6 Å². The molecule has 0 bridgehead atoms. The summed E-state index contributed by atoms with van der Waals surface area (Å²) in [6.07, 6.45) is 7.69. The largest absolute Gasteiger partial charge is 0.353 e. The molecule has 1 fully saturated rings. The molecule has 0 spiro atoms. The van der Waals surface area contributed by atoms with Gasteiger partial charge in [-0.15, -0.1) is 0 Å². The molecule has 0 aromatic carbocycles. The molecule has 2 N–H and O–H groups in total. The molecule has 0 saturated carbocycles. The lowest BCUT2D eigenvalue weighted by Gasteiger charge is -2.24. The zero-order valence-electron chi connectivity index (χ0n) is 13.2. The van der Waals surface area contributed by atoms with E-state index >= 15 is 0 Å². The Kier molecular flexibility index (Phi) is 6.05. The molecule has 1 amide bonds. The SMILES string of the molecule is O=C(CCCC[C@@H]1CCSS1)N[C@@H]1CCc2n[nH]c(=O)cc2C1. The van der Waals surface area contributed by atoms with Gasteiger partial charge in [0.05, 0.1) is 5.69 Å². The average molecular weight is 354 g/mol. The van der Waals surface area contributed by atoms with E-state index in [1.807, 2.05) is 21.6 Å². The van der Waals surface area contributed by atoms with Crippen LogP contribution < -0.4 is 10.9 Å². The molecule has 2 heterocycles. The number of unbranched alkanes of at least 4 members (excludes halogenated alkanes) is 1. The highest BCUT2D eigenvalue weighted by Gasteiger charge is 2.21. The van der Waals surface area contributed by atoms with Gasteiger partial charge in [-0.3, -0.25) is 9.59 Å². The minimum atomic E-state index is -0.168. The summed E-state index contributed by atoms with van der Waals surface area (Å²) in [5.74, 6) is 1.42. The molecule has 1 aromatic heterocycles. The van der Waals surface area contributed by atoms with Crippen LogP contribution in [0.1, 0.15) is 49.8 Å². The third kappa shape index (κ3) is 5.01. The van der Waals surface area contributed by atoms with Crippen molar-refractivity contribution in [1.82, 2.24) is 15.5 Å². The summed E-state index contributed by atoms with van der Waals surface area (Å²) in [7, 11) is 3.98. The standard InChI is InChI=1S/C16H23N3O2S2/c20-15(4-2-1-3-13-7-8-22-23-13)17-12-5-6-14-11(9-12)10-16(21)19-18-14/h10,12-13H,1-9H2,(H,17,20)(H,19,21)/t12-,13-/m1/s1. The van der Waals surface area contributed by atoms with Crippen LogP contribution in [0.25, 0.3) is 0 Å². The van der Waals surface area contributed by atoms with Gasteiger partial charge in [-0.1, -0.05) is 28.0 Å². The molecule has 0 unspecified atom stereocenters. The van der Waals surface area contributed by atoms with Gasteiger partial charge in [0, 0.05) is 29.5 Å². The number of amides is 1. The predicted molar refractivity (Wildman–Crippen MR) is 95.7 cm³/mol. The molecule has 1 aliphatic carbocycles. The van der Waals surface area contributed by atoms with Crippen molar-refractivity contribution in [3.05, 3.63) is 27.7 Å². The van der Waals surface area contributed by atoms with E-state index in [4.69, 9.17) is 0 Å². The van der Waals surface area contributed by atoms with Crippen LogP contribution in [0.15, 0.2) is 10.9 Å². The summed E-state index contributed by atoms with van der Waals surface area (Å²) >= 11 is 0. The van der Waals surface area contributed by atoms with Crippen LogP contribution in [0.3, 0.4) is 0 Å². The van der Waals surface area contributed by atoms with Gasteiger partial charge in [-0.05, 0) is 44.1 Å². The van der Waals surface area contributed by atoms with Crippen LogP contribution in [0.5, 0.6) is 0 Å². The van der Waals surface area contributed by atoms with Gasteiger partial charge in [0.15, 0.2) is 0 Å². The maximum absolute atomic E-state index is 12.1. The number of carbonyl (C=O) groups is 1. The Morgan fingerprint density at radius 2 is 2.30 bits per heavy atom.